The molecule has 0 spiro atoms. The molecule has 1 aliphatic heterocycles. The molecule has 20 heavy (non-hydrogen) atoms. The summed E-state index contributed by atoms with van der Waals surface area (Å²) < 4.78 is 10.9. The molecule has 4 heteroatoms. The highest BCUT2D eigenvalue weighted by molar-refractivity contribution is 5.20. The van der Waals surface area contributed by atoms with E-state index in [9.17, 15) is 5.11 Å². The van der Waals surface area contributed by atoms with Gasteiger partial charge < -0.3 is 19.9 Å². The molecule has 1 saturated heterocycles. The van der Waals surface area contributed by atoms with Gasteiger partial charge in [-0.2, -0.15) is 0 Å². The van der Waals surface area contributed by atoms with Crippen molar-refractivity contribution in [1.29, 1.82) is 0 Å². The van der Waals surface area contributed by atoms with Crippen LogP contribution >= 0.6 is 0 Å². The first kappa shape index (κ1) is 15.3. The van der Waals surface area contributed by atoms with E-state index in [1.165, 1.54) is 0 Å². The average Bonchev–Trinajstić information content (AvgIpc) is 2.47. The largest absolute Gasteiger partial charge is 0.491 e. The number of hydrogen-bond donors (Lipinski definition) is 2. The van der Waals surface area contributed by atoms with Crippen LogP contribution < -0.4 is 10.1 Å². The molecule has 1 heterocycles. The summed E-state index contributed by atoms with van der Waals surface area (Å²) in [5, 5.41) is 13.3. The highest BCUT2D eigenvalue weighted by Crippen LogP contribution is 2.28. The maximum Gasteiger partial charge on any atom is 0.119 e. The second kappa shape index (κ2) is 7.62. The normalized spacial score (nSPS) is 19.5. The number of benzene rings is 1. The highest BCUT2D eigenvalue weighted by Gasteiger charge is 2.26. The van der Waals surface area contributed by atoms with E-state index in [1.54, 1.807) is 0 Å². The van der Waals surface area contributed by atoms with Crippen LogP contribution in [0.1, 0.15) is 19.8 Å². The standard InChI is InChI=1S/C16H25NO3/c1-16(7-9-19-10-8-16)13-17-11-14(18)12-20-15-5-3-2-4-6-15/h2-6,14,17-18H,7-13H2,1H3. The Labute approximate surface area is 121 Å². The van der Waals surface area contributed by atoms with Crippen molar-refractivity contribution in [2.45, 2.75) is 25.9 Å². The third-order valence-electron chi connectivity index (χ3n) is 3.82. The van der Waals surface area contributed by atoms with E-state index >= 15 is 0 Å². The van der Waals surface area contributed by atoms with Gasteiger partial charge in [-0.05, 0) is 30.4 Å². The van der Waals surface area contributed by atoms with E-state index in [0.29, 0.717) is 13.2 Å². The second-order valence-corrected chi connectivity index (χ2v) is 5.83. The van der Waals surface area contributed by atoms with Crippen LogP contribution in [0.25, 0.3) is 0 Å². The Bertz CT molecular complexity index is 377. The van der Waals surface area contributed by atoms with Gasteiger partial charge >= 0.3 is 0 Å². The van der Waals surface area contributed by atoms with Gasteiger partial charge in [-0.25, -0.2) is 0 Å². The number of nitrogens with one attached hydrogen (secondary N) is 1. The lowest BCUT2D eigenvalue weighted by Gasteiger charge is -2.34. The van der Waals surface area contributed by atoms with Crippen LogP contribution in [-0.2, 0) is 4.74 Å². The Balaban J connectivity index is 1.61. The molecule has 0 aromatic heterocycles. The van der Waals surface area contributed by atoms with Crippen molar-refractivity contribution in [3.05, 3.63) is 30.3 Å². The fourth-order valence-corrected chi connectivity index (χ4v) is 2.35. The van der Waals surface area contributed by atoms with Gasteiger partial charge in [0.25, 0.3) is 0 Å². The van der Waals surface area contributed by atoms with Gasteiger partial charge in [0.1, 0.15) is 18.5 Å². The quantitative estimate of drug-likeness (QED) is 0.799. The summed E-state index contributed by atoms with van der Waals surface area (Å²) in [5.74, 6) is 0.794. The van der Waals surface area contributed by atoms with Crippen LogP contribution in [0.5, 0.6) is 5.75 Å². The summed E-state index contributed by atoms with van der Waals surface area (Å²) in [7, 11) is 0. The fourth-order valence-electron chi connectivity index (χ4n) is 2.35. The molecule has 1 aromatic carbocycles. The number of hydrogen-bond acceptors (Lipinski definition) is 4. The van der Waals surface area contributed by atoms with Crippen molar-refractivity contribution in [2.75, 3.05) is 32.9 Å². The lowest BCUT2D eigenvalue weighted by atomic mass is 9.82. The Morgan fingerprint density at radius 1 is 1.30 bits per heavy atom. The fraction of sp³-hybridized carbons (Fsp3) is 0.625. The number of aliphatic hydroxyl groups excluding tert-OH is 1. The van der Waals surface area contributed by atoms with E-state index in [-0.39, 0.29) is 5.41 Å². The molecule has 2 rings (SSSR count). The predicted molar refractivity (Wildman–Crippen MR) is 79.0 cm³/mol. The van der Waals surface area contributed by atoms with Crippen LogP contribution in [0.3, 0.4) is 0 Å². The molecule has 0 aliphatic carbocycles. The molecule has 0 bridgehead atoms. The van der Waals surface area contributed by atoms with Gasteiger partial charge in [-0.1, -0.05) is 25.1 Å². The molecule has 2 N–H and O–H groups in total. The topological polar surface area (TPSA) is 50.7 Å². The Kier molecular flexibility index (Phi) is 5.83. The minimum atomic E-state index is -0.487. The lowest BCUT2D eigenvalue weighted by molar-refractivity contribution is 0.0217. The maximum absolute atomic E-state index is 9.91. The molecule has 0 amide bonds. The van der Waals surface area contributed by atoms with Crippen LogP contribution in [-0.4, -0.2) is 44.1 Å². The van der Waals surface area contributed by atoms with Gasteiger partial charge in [0.05, 0.1) is 0 Å². The van der Waals surface area contributed by atoms with Gasteiger partial charge in [0.2, 0.25) is 0 Å². The first-order chi connectivity index (χ1) is 9.68. The molecule has 0 saturated carbocycles. The van der Waals surface area contributed by atoms with E-state index in [4.69, 9.17) is 9.47 Å². The van der Waals surface area contributed by atoms with Crippen molar-refractivity contribution in [3.8, 4) is 5.75 Å². The molecule has 0 radical (unpaired) electrons. The summed E-state index contributed by atoms with van der Waals surface area (Å²) in [6.07, 6.45) is 1.67. The third-order valence-corrected chi connectivity index (χ3v) is 3.82. The summed E-state index contributed by atoms with van der Waals surface area (Å²) >= 11 is 0. The van der Waals surface area contributed by atoms with Gasteiger partial charge in [0.15, 0.2) is 0 Å². The van der Waals surface area contributed by atoms with Crippen molar-refractivity contribution < 1.29 is 14.6 Å². The second-order valence-electron chi connectivity index (χ2n) is 5.83. The first-order valence-corrected chi connectivity index (χ1v) is 7.32. The lowest BCUT2D eigenvalue weighted by Crippen LogP contribution is -2.40. The van der Waals surface area contributed by atoms with E-state index in [1.807, 2.05) is 30.3 Å². The van der Waals surface area contributed by atoms with Crippen LogP contribution in [0.2, 0.25) is 0 Å². The molecule has 1 unspecified atom stereocenters. The summed E-state index contributed by atoms with van der Waals surface area (Å²) in [5.41, 5.74) is 0.290. The van der Waals surface area contributed by atoms with E-state index in [2.05, 4.69) is 12.2 Å². The molecule has 1 atom stereocenters. The SMILES string of the molecule is CC1(CNCC(O)COc2ccccc2)CCOCC1. The van der Waals surface area contributed by atoms with Crippen molar-refractivity contribution in [3.63, 3.8) is 0 Å². The van der Waals surface area contributed by atoms with Gasteiger partial charge in [0, 0.05) is 26.3 Å². The minimum Gasteiger partial charge on any atom is -0.491 e. The van der Waals surface area contributed by atoms with Gasteiger partial charge in [-0.3, -0.25) is 0 Å². The Morgan fingerprint density at radius 3 is 2.70 bits per heavy atom. The summed E-state index contributed by atoms with van der Waals surface area (Å²) in [6, 6.07) is 9.57. The molecule has 4 nitrogen and oxygen atoms in total. The number of para-hydroxylation sites is 1. The van der Waals surface area contributed by atoms with Crippen LogP contribution in [0.15, 0.2) is 30.3 Å². The van der Waals surface area contributed by atoms with E-state index in [0.717, 1.165) is 38.3 Å². The molecule has 1 fully saturated rings. The molecule has 112 valence electrons. The van der Waals surface area contributed by atoms with E-state index < -0.39 is 6.10 Å². The zero-order valence-corrected chi connectivity index (χ0v) is 12.2. The molecular formula is C16H25NO3. The third kappa shape index (κ3) is 5.12. The number of ether oxygens (including phenoxy) is 2. The van der Waals surface area contributed by atoms with Gasteiger partial charge in [-0.15, -0.1) is 0 Å². The highest BCUT2D eigenvalue weighted by atomic mass is 16.5. The molecule has 1 aliphatic rings. The van der Waals surface area contributed by atoms with Crippen molar-refractivity contribution >= 4 is 0 Å². The predicted octanol–water partition coefficient (Wildman–Crippen LogP) is 1.83. The Hall–Kier alpha value is -1.10. The summed E-state index contributed by atoms with van der Waals surface area (Å²) in [6.45, 7) is 5.75. The minimum absolute atomic E-state index is 0.290. The van der Waals surface area contributed by atoms with Crippen molar-refractivity contribution in [1.82, 2.24) is 5.32 Å². The smallest absolute Gasteiger partial charge is 0.119 e. The molecular weight excluding hydrogens is 254 g/mol. The zero-order chi connectivity index (χ0) is 14.3. The summed E-state index contributed by atoms with van der Waals surface area (Å²) in [4.78, 5) is 0. The average molecular weight is 279 g/mol. The number of aliphatic hydroxyl groups is 1. The first-order valence-electron chi connectivity index (χ1n) is 7.32. The van der Waals surface area contributed by atoms with Crippen molar-refractivity contribution in [2.24, 2.45) is 5.41 Å². The van der Waals surface area contributed by atoms with Crippen LogP contribution in [0, 0.1) is 5.41 Å². The molecule has 1 aromatic rings. The maximum atomic E-state index is 9.91. The monoisotopic (exact) mass is 279 g/mol. The van der Waals surface area contributed by atoms with Crippen LogP contribution in [0.4, 0.5) is 0 Å². The number of rotatable bonds is 7. The Morgan fingerprint density at radius 2 is 2.00 bits per heavy atom. The zero-order valence-electron chi connectivity index (χ0n) is 12.2.